The van der Waals surface area contributed by atoms with Gasteiger partial charge in [-0.05, 0) is 0 Å². The van der Waals surface area contributed by atoms with Crippen LogP contribution >= 0.6 is 0 Å². The molecular formula is C8H16N2O2. The van der Waals surface area contributed by atoms with Crippen molar-refractivity contribution in [2.45, 2.75) is 18.5 Å². The average Bonchev–Trinajstić information content (AvgIpc) is 2.09. The highest BCUT2D eigenvalue weighted by atomic mass is 16.5. The summed E-state index contributed by atoms with van der Waals surface area (Å²) in [5.41, 5.74) is 0. The van der Waals surface area contributed by atoms with E-state index < -0.39 is 0 Å². The zero-order valence-electron chi connectivity index (χ0n) is 7.38. The van der Waals surface area contributed by atoms with Gasteiger partial charge in [0.25, 0.3) is 0 Å². The summed E-state index contributed by atoms with van der Waals surface area (Å²) in [6, 6.07) is 0.688. The Morgan fingerprint density at radius 2 is 2.08 bits per heavy atom. The molecule has 1 rings (SSSR count). The van der Waals surface area contributed by atoms with Gasteiger partial charge in [0.05, 0.1) is 6.61 Å². The van der Waals surface area contributed by atoms with E-state index in [-0.39, 0.29) is 0 Å². The van der Waals surface area contributed by atoms with Gasteiger partial charge in [-0.2, -0.15) is 0 Å². The van der Waals surface area contributed by atoms with Gasteiger partial charge in [0.15, 0.2) is 0 Å². The number of nitrogens with one attached hydrogen (secondary N) is 2. The highest BCUT2D eigenvalue weighted by molar-refractivity contribution is 5.50. The van der Waals surface area contributed by atoms with E-state index in [9.17, 15) is 4.79 Å². The molecule has 2 N–H and O–H groups in total. The molecule has 1 aliphatic rings. The van der Waals surface area contributed by atoms with E-state index in [0.29, 0.717) is 18.5 Å². The van der Waals surface area contributed by atoms with E-state index in [1.165, 1.54) is 0 Å². The van der Waals surface area contributed by atoms with Crippen LogP contribution < -0.4 is 10.6 Å². The van der Waals surface area contributed by atoms with E-state index in [4.69, 9.17) is 4.74 Å². The molecule has 0 aromatic carbocycles. The smallest absolute Gasteiger partial charge is 0.121 e. The molecule has 2 atom stereocenters. The minimum absolute atomic E-state index is 0.301. The standard InChI is InChI=1S/C8H16N2O2/c1-12-6-8-5-9-7(2-3-11)4-10-8/h3,7-10H,2,4-6H2,1H3. The lowest BCUT2D eigenvalue weighted by Crippen LogP contribution is -2.55. The van der Waals surface area contributed by atoms with Gasteiger partial charge in [-0.3, -0.25) is 0 Å². The van der Waals surface area contributed by atoms with Gasteiger partial charge in [0.1, 0.15) is 6.29 Å². The van der Waals surface area contributed by atoms with Crippen LogP contribution in [0.15, 0.2) is 0 Å². The third-order valence-corrected chi connectivity index (χ3v) is 2.05. The van der Waals surface area contributed by atoms with Gasteiger partial charge >= 0.3 is 0 Å². The maximum absolute atomic E-state index is 10.2. The van der Waals surface area contributed by atoms with E-state index in [0.717, 1.165) is 26.0 Å². The molecule has 0 saturated carbocycles. The molecule has 1 aliphatic heterocycles. The molecule has 1 heterocycles. The molecule has 0 aromatic heterocycles. The number of piperazine rings is 1. The molecule has 70 valence electrons. The first kappa shape index (κ1) is 9.64. The highest BCUT2D eigenvalue weighted by Crippen LogP contribution is 1.96. The summed E-state index contributed by atoms with van der Waals surface area (Å²) in [5.74, 6) is 0. The molecule has 12 heavy (non-hydrogen) atoms. The van der Waals surface area contributed by atoms with Gasteiger partial charge in [-0.15, -0.1) is 0 Å². The number of methoxy groups -OCH3 is 1. The van der Waals surface area contributed by atoms with E-state index in [1.807, 2.05) is 0 Å². The Morgan fingerprint density at radius 3 is 2.58 bits per heavy atom. The van der Waals surface area contributed by atoms with Crippen LogP contribution in [0, 0.1) is 0 Å². The van der Waals surface area contributed by atoms with Crippen molar-refractivity contribution in [3.8, 4) is 0 Å². The molecule has 4 heteroatoms. The second-order valence-electron chi connectivity index (χ2n) is 3.07. The molecule has 1 saturated heterocycles. The van der Waals surface area contributed by atoms with Crippen molar-refractivity contribution in [2.75, 3.05) is 26.8 Å². The number of carbonyl (C=O) groups excluding carboxylic acids is 1. The lowest BCUT2D eigenvalue weighted by atomic mass is 10.1. The van der Waals surface area contributed by atoms with Crippen molar-refractivity contribution in [3.05, 3.63) is 0 Å². The zero-order chi connectivity index (χ0) is 8.81. The predicted octanol–water partition coefficient (Wildman–Crippen LogP) is -0.848. The van der Waals surface area contributed by atoms with Gasteiger partial charge in [0.2, 0.25) is 0 Å². The first-order valence-corrected chi connectivity index (χ1v) is 4.26. The summed E-state index contributed by atoms with van der Waals surface area (Å²) in [6.45, 7) is 2.46. The molecule has 4 nitrogen and oxygen atoms in total. The summed E-state index contributed by atoms with van der Waals surface area (Å²) < 4.78 is 5.00. The third-order valence-electron chi connectivity index (χ3n) is 2.05. The monoisotopic (exact) mass is 172 g/mol. The maximum atomic E-state index is 10.2. The van der Waals surface area contributed by atoms with Crippen molar-refractivity contribution < 1.29 is 9.53 Å². The number of carbonyl (C=O) groups is 1. The minimum Gasteiger partial charge on any atom is -0.383 e. The Labute approximate surface area is 72.7 Å². The van der Waals surface area contributed by atoms with Crippen LogP contribution in [-0.4, -0.2) is 45.2 Å². The normalized spacial score (nSPS) is 30.1. The lowest BCUT2D eigenvalue weighted by Gasteiger charge is -2.29. The van der Waals surface area contributed by atoms with Crippen LogP contribution in [0.5, 0.6) is 0 Å². The van der Waals surface area contributed by atoms with Crippen molar-refractivity contribution in [2.24, 2.45) is 0 Å². The van der Waals surface area contributed by atoms with Gasteiger partial charge in [0, 0.05) is 38.7 Å². The summed E-state index contributed by atoms with van der Waals surface area (Å²) in [6.07, 6.45) is 1.54. The Balaban J connectivity index is 2.15. The fraction of sp³-hybridized carbons (Fsp3) is 0.875. The number of rotatable bonds is 4. The Hall–Kier alpha value is -0.450. The first-order chi connectivity index (χ1) is 5.86. The first-order valence-electron chi connectivity index (χ1n) is 4.26. The van der Waals surface area contributed by atoms with E-state index >= 15 is 0 Å². The van der Waals surface area contributed by atoms with Crippen molar-refractivity contribution in [3.63, 3.8) is 0 Å². The molecule has 0 spiro atoms. The Kier molecular flexibility index (Phi) is 4.21. The lowest BCUT2D eigenvalue weighted by molar-refractivity contribution is -0.108. The summed E-state index contributed by atoms with van der Waals surface area (Å²) in [7, 11) is 1.69. The maximum Gasteiger partial charge on any atom is 0.121 e. The zero-order valence-corrected chi connectivity index (χ0v) is 7.38. The number of ether oxygens (including phenoxy) is 1. The molecule has 0 amide bonds. The quantitative estimate of drug-likeness (QED) is 0.542. The summed E-state index contributed by atoms with van der Waals surface area (Å²) in [4.78, 5) is 10.2. The van der Waals surface area contributed by atoms with Gasteiger partial charge < -0.3 is 20.2 Å². The number of aldehydes is 1. The molecule has 0 radical (unpaired) electrons. The van der Waals surface area contributed by atoms with Gasteiger partial charge in [-0.25, -0.2) is 0 Å². The largest absolute Gasteiger partial charge is 0.383 e. The van der Waals surface area contributed by atoms with Crippen LogP contribution in [0.2, 0.25) is 0 Å². The minimum atomic E-state index is 0.301. The molecule has 0 aromatic rings. The Morgan fingerprint density at radius 1 is 1.42 bits per heavy atom. The molecule has 2 unspecified atom stereocenters. The van der Waals surface area contributed by atoms with Crippen molar-refractivity contribution in [1.29, 1.82) is 0 Å². The van der Waals surface area contributed by atoms with Crippen LogP contribution in [0.4, 0.5) is 0 Å². The number of hydrogen-bond acceptors (Lipinski definition) is 4. The van der Waals surface area contributed by atoms with Gasteiger partial charge in [-0.1, -0.05) is 0 Å². The third kappa shape index (κ3) is 2.89. The molecule has 0 bridgehead atoms. The fourth-order valence-electron chi connectivity index (χ4n) is 1.36. The van der Waals surface area contributed by atoms with E-state index in [2.05, 4.69) is 10.6 Å². The predicted molar refractivity (Wildman–Crippen MR) is 46.1 cm³/mol. The van der Waals surface area contributed by atoms with Crippen LogP contribution in [0.1, 0.15) is 6.42 Å². The van der Waals surface area contributed by atoms with Crippen molar-refractivity contribution in [1.82, 2.24) is 10.6 Å². The second-order valence-corrected chi connectivity index (χ2v) is 3.07. The Bertz CT molecular complexity index is 133. The van der Waals surface area contributed by atoms with Crippen LogP contribution in [0.25, 0.3) is 0 Å². The summed E-state index contributed by atoms with van der Waals surface area (Å²) in [5, 5.41) is 6.59. The molecular weight excluding hydrogens is 156 g/mol. The SMILES string of the molecule is COCC1CNC(CC=O)CN1. The highest BCUT2D eigenvalue weighted by Gasteiger charge is 2.18. The van der Waals surface area contributed by atoms with Crippen LogP contribution in [0.3, 0.4) is 0 Å². The molecule has 0 aliphatic carbocycles. The fourth-order valence-corrected chi connectivity index (χ4v) is 1.36. The second kappa shape index (κ2) is 5.24. The topological polar surface area (TPSA) is 50.4 Å². The molecule has 1 fully saturated rings. The summed E-state index contributed by atoms with van der Waals surface area (Å²) >= 11 is 0. The number of hydrogen-bond donors (Lipinski definition) is 2. The van der Waals surface area contributed by atoms with Crippen LogP contribution in [-0.2, 0) is 9.53 Å². The average molecular weight is 172 g/mol. The van der Waals surface area contributed by atoms with E-state index in [1.54, 1.807) is 7.11 Å². The van der Waals surface area contributed by atoms with Crippen molar-refractivity contribution >= 4 is 6.29 Å².